The molecule has 4 heteroatoms. The van der Waals surface area contributed by atoms with E-state index in [4.69, 9.17) is 10.5 Å². The molecule has 92 valence electrons. The van der Waals surface area contributed by atoms with Crippen LogP contribution in [0.3, 0.4) is 0 Å². The van der Waals surface area contributed by atoms with E-state index in [0.29, 0.717) is 12.1 Å². The number of ether oxygens (including phenoxy) is 1. The van der Waals surface area contributed by atoms with E-state index in [1.807, 2.05) is 20.8 Å². The van der Waals surface area contributed by atoms with Crippen LogP contribution in [0.15, 0.2) is 11.6 Å². The van der Waals surface area contributed by atoms with Crippen molar-refractivity contribution in [1.29, 1.82) is 0 Å². The summed E-state index contributed by atoms with van der Waals surface area (Å²) in [7, 11) is 0. The molecule has 3 N–H and O–H groups in total. The molecule has 0 saturated carbocycles. The van der Waals surface area contributed by atoms with Crippen LogP contribution in [-0.4, -0.2) is 30.7 Å². The van der Waals surface area contributed by atoms with Gasteiger partial charge in [-0.2, -0.15) is 0 Å². The highest BCUT2D eigenvalue weighted by Gasteiger charge is 2.27. The molecule has 0 radical (unpaired) electrons. The van der Waals surface area contributed by atoms with E-state index < -0.39 is 5.60 Å². The molecule has 1 atom stereocenters. The van der Waals surface area contributed by atoms with Crippen molar-refractivity contribution in [3.05, 3.63) is 11.6 Å². The Morgan fingerprint density at radius 3 is 2.69 bits per heavy atom. The summed E-state index contributed by atoms with van der Waals surface area (Å²) in [5.41, 5.74) is 5.71. The molecule has 1 heterocycles. The number of nitrogens with two attached hydrogens (primary N) is 1. The first kappa shape index (κ1) is 13.2. The number of esters is 1. The molecule has 1 saturated heterocycles. The van der Waals surface area contributed by atoms with Crippen LogP contribution in [0.4, 0.5) is 0 Å². The Hall–Kier alpha value is -0.870. The SMILES string of the molecule is CC(C)(C)OC(=O)C(=CCN)[C@H]1CCCN1. The largest absolute Gasteiger partial charge is 0.457 e. The average Bonchev–Trinajstić information content (AvgIpc) is 2.63. The lowest BCUT2D eigenvalue weighted by Gasteiger charge is -2.22. The lowest BCUT2D eigenvalue weighted by molar-refractivity contribution is -0.150. The number of hydrogen-bond acceptors (Lipinski definition) is 4. The van der Waals surface area contributed by atoms with E-state index in [2.05, 4.69) is 5.32 Å². The van der Waals surface area contributed by atoms with Crippen molar-refractivity contribution >= 4 is 5.97 Å². The normalized spacial score (nSPS) is 22.2. The summed E-state index contributed by atoms with van der Waals surface area (Å²) < 4.78 is 5.36. The molecule has 1 aliphatic rings. The van der Waals surface area contributed by atoms with Crippen LogP contribution < -0.4 is 11.1 Å². The predicted octanol–water partition coefficient (Wildman–Crippen LogP) is 0.965. The predicted molar refractivity (Wildman–Crippen MR) is 64.0 cm³/mol. The van der Waals surface area contributed by atoms with Crippen molar-refractivity contribution in [2.24, 2.45) is 5.73 Å². The minimum atomic E-state index is -0.455. The molecule has 0 bridgehead atoms. The molecule has 0 aromatic heterocycles. The first-order valence-electron chi connectivity index (χ1n) is 5.81. The van der Waals surface area contributed by atoms with E-state index in [0.717, 1.165) is 19.4 Å². The Kier molecular flexibility index (Phi) is 4.50. The van der Waals surface area contributed by atoms with Gasteiger partial charge in [0.1, 0.15) is 5.60 Å². The molecule has 4 nitrogen and oxygen atoms in total. The van der Waals surface area contributed by atoms with Crippen LogP contribution >= 0.6 is 0 Å². The van der Waals surface area contributed by atoms with Gasteiger partial charge in [-0.25, -0.2) is 4.79 Å². The Morgan fingerprint density at radius 1 is 1.56 bits per heavy atom. The van der Waals surface area contributed by atoms with Gasteiger partial charge in [0, 0.05) is 12.6 Å². The smallest absolute Gasteiger partial charge is 0.335 e. The van der Waals surface area contributed by atoms with Gasteiger partial charge in [-0.15, -0.1) is 0 Å². The van der Waals surface area contributed by atoms with E-state index in [1.165, 1.54) is 0 Å². The van der Waals surface area contributed by atoms with Crippen LogP contribution in [0.2, 0.25) is 0 Å². The average molecular weight is 226 g/mol. The van der Waals surface area contributed by atoms with Gasteiger partial charge in [-0.3, -0.25) is 0 Å². The molecular weight excluding hydrogens is 204 g/mol. The topological polar surface area (TPSA) is 64.3 Å². The standard InChI is InChI=1S/C12H22N2O2/c1-12(2,3)16-11(15)9(6-7-13)10-5-4-8-14-10/h6,10,14H,4-5,7-8,13H2,1-3H3/t10-/m1/s1. The van der Waals surface area contributed by atoms with Gasteiger partial charge in [-0.05, 0) is 40.2 Å². The number of nitrogens with one attached hydrogen (secondary N) is 1. The maximum Gasteiger partial charge on any atom is 0.335 e. The van der Waals surface area contributed by atoms with Crippen molar-refractivity contribution in [3.63, 3.8) is 0 Å². The third-order valence-corrected chi connectivity index (χ3v) is 2.41. The van der Waals surface area contributed by atoms with E-state index in [-0.39, 0.29) is 12.0 Å². The van der Waals surface area contributed by atoms with Gasteiger partial charge in [0.2, 0.25) is 0 Å². The van der Waals surface area contributed by atoms with Crippen molar-refractivity contribution in [1.82, 2.24) is 5.32 Å². The Balaban J connectivity index is 2.70. The zero-order chi connectivity index (χ0) is 12.2. The Labute approximate surface area is 97.2 Å². The third-order valence-electron chi connectivity index (χ3n) is 2.41. The Bertz CT molecular complexity index is 273. The van der Waals surface area contributed by atoms with Crippen LogP contribution in [0, 0.1) is 0 Å². The summed E-state index contributed by atoms with van der Waals surface area (Å²) in [6.45, 7) is 6.93. The van der Waals surface area contributed by atoms with Gasteiger partial charge in [0.15, 0.2) is 0 Å². The molecule has 0 aliphatic carbocycles. The summed E-state index contributed by atoms with van der Waals surface area (Å²) in [5.74, 6) is -0.252. The van der Waals surface area contributed by atoms with Gasteiger partial charge < -0.3 is 15.8 Å². The van der Waals surface area contributed by atoms with E-state index >= 15 is 0 Å². The molecule has 0 aromatic carbocycles. The summed E-state index contributed by atoms with van der Waals surface area (Å²) in [6.07, 6.45) is 3.83. The highest BCUT2D eigenvalue weighted by atomic mass is 16.6. The molecule has 1 rings (SSSR count). The zero-order valence-electron chi connectivity index (χ0n) is 10.4. The number of carbonyl (C=O) groups excluding carboxylic acids is 1. The molecule has 0 spiro atoms. The monoisotopic (exact) mass is 226 g/mol. The number of carbonyl (C=O) groups is 1. The first-order valence-corrected chi connectivity index (χ1v) is 5.81. The van der Waals surface area contributed by atoms with Crippen LogP contribution in [0.25, 0.3) is 0 Å². The second kappa shape index (κ2) is 5.46. The van der Waals surface area contributed by atoms with Crippen LogP contribution in [0.5, 0.6) is 0 Å². The zero-order valence-corrected chi connectivity index (χ0v) is 10.4. The van der Waals surface area contributed by atoms with E-state index in [1.54, 1.807) is 6.08 Å². The van der Waals surface area contributed by atoms with Gasteiger partial charge >= 0.3 is 5.97 Å². The summed E-state index contributed by atoms with van der Waals surface area (Å²) in [5, 5.41) is 3.28. The summed E-state index contributed by atoms with van der Waals surface area (Å²) in [4.78, 5) is 11.9. The minimum Gasteiger partial charge on any atom is -0.457 e. The second-order valence-corrected chi connectivity index (χ2v) is 5.05. The molecule has 0 aromatic rings. The maximum atomic E-state index is 11.9. The fourth-order valence-electron chi connectivity index (χ4n) is 1.78. The fourth-order valence-corrected chi connectivity index (χ4v) is 1.78. The molecule has 0 amide bonds. The molecule has 1 fully saturated rings. The molecule has 16 heavy (non-hydrogen) atoms. The highest BCUT2D eigenvalue weighted by molar-refractivity contribution is 5.90. The van der Waals surface area contributed by atoms with Crippen molar-refractivity contribution < 1.29 is 9.53 Å². The van der Waals surface area contributed by atoms with Crippen LogP contribution in [-0.2, 0) is 9.53 Å². The lowest BCUT2D eigenvalue weighted by Crippen LogP contribution is -2.33. The number of hydrogen-bond donors (Lipinski definition) is 2. The summed E-state index contributed by atoms with van der Waals surface area (Å²) in [6, 6.07) is 0.110. The minimum absolute atomic E-state index is 0.110. The van der Waals surface area contributed by atoms with Gasteiger partial charge in [0.05, 0.1) is 5.57 Å². The van der Waals surface area contributed by atoms with Gasteiger partial charge in [0.25, 0.3) is 0 Å². The Morgan fingerprint density at radius 2 is 2.25 bits per heavy atom. The van der Waals surface area contributed by atoms with Crippen molar-refractivity contribution in [2.45, 2.75) is 45.3 Å². The van der Waals surface area contributed by atoms with E-state index in [9.17, 15) is 4.79 Å². The fraction of sp³-hybridized carbons (Fsp3) is 0.750. The molecule has 0 unspecified atom stereocenters. The molecular formula is C12H22N2O2. The quantitative estimate of drug-likeness (QED) is 0.556. The third kappa shape index (κ3) is 3.94. The maximum absolute atomic E-state index is 11.9. The van der Waals surface area contributed by atoms with Crippen molar-refractivity contribution in [3.8, 4) is 0 Å². The molecule has 1 aliphatic heterocycles. The highest BCUT2D eigenvalue weighted by Crippen LogP contribution is 2.18. The first-order chi connectivity index (χ1) is 7.44. The van der Waals surface area contributed by atoms with Crippen molar-refractivity contribution in [2.75, 3.05) is 13.1 Å². The number of rotatable bonds is 3. The second-order valence-electron chi connectivity index (χ2n) is 5.05. The van der Waals surface area contributed by atoms with Crippen LogP contribution in [0.1, 0.15) is 33.6 Å². The lowest BCUT2D eigenvalue weighted by atomic mass is 10.0. The summed E-state index contributed by atoms with van der Waals surface area (Å²) >= 11 is 0. The van der Waals surface area contributed by atoms with Gasteiger partial charge in [-0.1, -0.05) is 6.08 Å².